The van der Waals surface area contributed by atoms with E-state index in [0.29, 0.717) is 12.4 Å². The lowest BCUT2D eigenvalue weighted by molar-refractivity contribution is 0.0690. The summed E-state index contributed by atoms with van der Waals surface area (Å²) in [6.07, 6.45) is 3.61. The van der Waals surface area contributed by atoms with Gasteiger partial charge in [-0.25, -0.2) is 14.5 Å². The van der Waals surface area contributed by atoms with Crippen molar-refractivity contribution in [2.75, 3.05) is 4.90 Å². The molecule has 1 aliphatic heterocycles. The Labute approximate surface area is 108 Å². The molecule has 3 heterocycles. The monoisotopic (exact) mass is 263 g/mol. The predicted molar refractivity (Wildman–Crippen MR) is 63.7 cm³/mol. The molecule has 1 atom stereocenters. The van der Waals surface area contributed by atoms with Gasteiger partial charge in [0.05, 0.1) is 6.54 Å². The van der Waals surface area contributed by atoms with Crippen LogP contribution in [0.3, 0.4) is 0 Å². The highest BCUT2D eigenvalue weighted by Gasteiger charge is 2.26. The smallest absolute Gasteiger partial charge is 0.357 e. The maximum absolute atomic E-state index is 10.8. The molecule has 1 unspecified atom stereocenters. The predicted octanol–water partition coefficient (Wildman–Crippen LogP) is 0.763. The maximum atomic E-state index is 10.8. The first-order valence-corrected chi connectivity index (χ1v) is 5.97. The topological polar surface area (TPSA) is 97.3 Å². The third-order valence-electron chi connectivity index (χ3n) is 3.22. The molecule has 100 valence electrons. The number of aryl methyl sites for hydroxylation is 1. The third kappa shape index (κ3) is 2.05. The summed E-state index contributed by atoms with van der Waals surface area (Å²) in [5, 5.41) is 13.0. The summed E-state index contributed by atoms with van der Waals surface area (Å²) < 4.78 is 7.00. The summed E-state index contributed by atoms with van der Waals surface area (Å²) >= 11 is 0. The number of hydrogen-bond acceptors (Lipinski definition) is 6. The van der Waals surface area contributed by atoms with E-state index < -0.39 is 5.97 Å². The summed E-state index contributed by atoms with van der Waals surface area (Å²) in [5.41, 5.74) is -0.0823. The SMILES string of the molecule is CC1CCn2ncnc2N1Cc1nc(C(=O)O)co1. The van der Waals surface area contributed by atoms with Gasteiger partial charge in [0.1, 0.15) is 12.6 Å². The molecule has 2 aromatic heterocycles. The van der Waals surface area contributed by atoms with Crippen LogP contribution < -0.4 is 4.90 Å². The zero-order valence-electron chi connectivity index (χ0n) is 10.4. The molecule has 0 fully saturated rings. The van der Waals surface area contributed by atoms with E-state index in [0.717, 1.165) is 25.2 Å². The molecule has 0 aliphatic carbocycles. The van der Waals surface area contributed by atoms with Gasteiger partial charge < -0.3 is 14.4 Å². The van der Waals surface area contributed by atoms with Crippen LogP contribution in [0.2, 0.25) is 0 Å². The van der Waals surface area contributed by atoms with Crippen LogP contribution >= 0.6 is 0 Å². The summed E-state index contributed by atoms with van der Waals surface area (Å²) in [6.45, 7) is 3.30. The number of aromatic carboxylic acids is 1. The quantitative estimate of drug-likeness (QED) is 0.873. The normalized spacial score (nSPS) is 18.4. The zero-order valence-corrected chi connectivity index (χ0v) is 10.4. The van der Waals surface area contributed by atoms with E-state index in [4.69, 9.17) is 9.52 Å². The molecule has 0 amide bonds. The molecule has 0 saturated carbocycles. The lowest BCUT2D eigenvalue weighted by Crippen LogP contribution is -2.39. The van der Waals surface area contributed by atoms with E-state index in [1.165, 1.54) is 6.33 Å². The first-order valence-electron chi connectivity index (χ1n) is 5.97. The first-order chi connectivity index (χ1) is 9.15. The van der Waals surface area contributed by atoms with E-state index >= 15 is 0 Å². The second-order valence-electron chi connectivity index (χ2n) is 4.48. The Bertz CT molecular complexity index is 605. The minimum absolute atomic E-state index is 0.0823. The molecule has 0 spiro atoms. The minimum Gasteiger partial charge on any atom is -0.476 e. The van der Waals surface area contributed by atoms with Crippen molar-refractivity contribution >= 4 is 11.9 Å². The highest BCUT2D eigenvalue weighted by molar-refractivity contribution is 5.84. The Kier molecular flexibility index (Phi) is 2.69. The number of nitrogens with zero attached hydrogens (tertiary/aromatic N) is 5. The van der Waals surface area contributed by atoms with Crippen LogP contribution in [0.5, 0.6) is 0 Å². The number of rotatable bonds is 3. The van der Waals surface area contributed by atoms with Crippen molar-refractivity contribution in [3.05, 3.63) is 24.2 Å². The van der Waals surface area contributed by atoms with E-state index in [2.05, 4.69) is 22.0 Å². The summed E-state index contributed by atoms with van der Waals surface area (Å²) in [6, 6.07) is 0.275. The molecule has 8 heteroatoms. The number of fused-ring (bicyclic) bond motifs is 1. The molecule has 0 radical (unpaired) electrons. The van der Waals surface area contributed by atoms with Crippen LogP contribution in [0.15, 0.2) is 17.0 Å². The van der Waals surface area contributed by atoms with Crippen molar-refractivity contribution in [3.8, 4) is 0 Å². The fourth-order valence-corrected chi connectivity index (χ4v) is 2.15. The van der Waals surface area contributed by atoms with Crippen molar-refractivity contribution in [1.82, 2.24) is 19.7 Å². The maximum Gasteiger partial charge on any atom is 0.357 e. The zero-order chi connectivity index (χ0) is 13.4. The minimum atomic E-state index is -1.09. The Morgan fingerprint density at radius 3 is 3.21 bits per heavy atom. The number of carboxylic acid groups (broad SMARTS) is 1. The van der Waals surface area contributed by atoms with Crippen LogP contribution in [0, 0.1) is 0 Å². The Hall–Kier alpha value is -2.38. The van der Waals surface area contributed by atoms with Crippen LogP contribution in [-0.2, 0) is 13.1 Å². The second-order valence-corrected chi connectivity index (χ2v) is 4.48. The van der Waals surface area contributed by atoms with Gasteiger partial charge in [0.2, 0.25) is 11.8 Å². The van der Waals surface area contributed by atoms with Gasteiger partial charge in [-0.1, -0.05) is 0 Å². The van der Waals surface area contributed by atoms with Crippen LogP contribution in [0.25, 0.3) is 0 Å². The van der Waals surface area contributed by atoms with Crippen LogP contribution in [0.1, 0.15) is 29.7 Å². The summed E-state index contributed by atoms with van der Waals surface area (Å²) in [7, 11) is 0. The molecule has 1 N–H and O–H groups in total. The van der Waals surface area contributed by atoms with Gasteiger partial charge in [0, 0.05) is 12.6 Å². The van der Waals surface area contributed by atoms with Crippen molar-refractivity contribution in [3.63, 3.8) is 0 Å². The van der Waals surface area contributed by atoms with E-state index in [-0.39, 0.29) is 11.7 Å². The average molecular weight is 263 g/mol. The molecule has 1 aliphatic rings. The third-order valence-corrected chi connectivity index (χ3v) is 3.22. The summed E-state index contributed by atoms with van der Waals surface area (Å²) in [4.78, 5) is 20.9. The van der Waals surface area contributed by atoms with Crippen molar-refractivity contribution < 1.29 is 14.3 Å². The molecule has 19 heavy (non-hydrogen) atoms. The fraction of sp³-hybridized carbons (Fsp3) is 0.455. The van der Waals surface area contributed by atoms with Gasteiger partial charge in [0.25, 0.3) is 0 Å². The molecular weight excluding hydrogens is 250 g/mol. The number of anilines is 1. The molecule has 3 rings (SSSR count). The molecule has 0 bridgehead atoms. The van der Waals surface area contributed by atoms with Gasteiger partial charge in [-0.15, -0.1) is 0 Å². The van der Waals surface area contributed by atoms with Gasteiger partial charge in [-0.05, 0) is 13.3 Å². The molecule has 8 nitrogen and oxygen atoms in total. The molecule has 0 aromatic carbocycles. The lowest BCUT2D eigenvalue weighted by Gasteiger charge is -2.32. The number of oxazole rings is 1. The Morgan fingerprint density at radius 1 is 1.63 bits per heavy atom. The van der Waals surface area contributed by atoms with Gasteiger partial charge >= 0.3 is 5.97 Å². The fourth-order valence-electron chi connectivity index (χ4n) is 2.15. The van der Waals surface area contributed by atoms with Crippen molar-refractivity contribution in [2.24, 2.45) is 0 Å². The Balaban J connectivity index is 1.84. The standard InChI is InChI=1S/C11H13N5O3/c1-7-2-3-16-11(12-6-13-16)15(7)4-9-14-8(5-19-9)10(17)18/h5-7H,2-4H2,1H3,(H,17,18). The second kappa shape index (κ2) is 4.38. The van der Waals surface area contributed by atoms with Crippen LogP contribution in [0.4, 0.5) is 5.95 Å². The van der Waals surface area contributed by atoms with Gasteiger partial charge in [-0.2, -0.15) is 10.1 Å². The van der Waals surface area contributed by atoms with Gasteiger partial charge in [0.15, 0.2) is 5.69 Å². The van der Waals surface area contributed by atoms with Crippen molar-refractivity contribution in [1.29, 1.82) is 0 Å². The average Bonchev–Trinajstić information content (AvgIpc) is 3.01. The number of carboxylic acids is 1. The van der Waals surface area contributed by atoms with E-state index in [1.54, 1.807) is 0 Å². The van der Waals surface area contributed by atoms with Crippen LogP contribution in [-0.4, -0.2) is 36.9 Å². The molecule has 2 aromatic rings. The largest absolute Gasteiger partial charge is 0.476 e. The highest BCUT2D eigenvalue weighted by Crippen LogP contribution is 2.23. The van der Waals surface area contributed by atoms with Crippen molar-refractivity contribution in [2.45, 2.75) is 32.5 Å². The highest BCUT2D eigenvalue weighted by atomic mass is 16.4. The first kappa shape index (κ1) is 11.7. The van der Waals surface area contributed by atoms with Gasteiger partial charge in [-0.3, -0.25) is 0 Å². The Morgan fingerprint density at radius 2 is 2.47 bits per heavy atom. The number of aromatic nitrogens is 4. The molecule has 0 saturated heterocycles. The molecular formula is C11H13N5O3. The van der Waals surface area contributed by atoms with E-state index in [1.807, 2.05) is 9.58 Å². The lowest BCUT2D eigenvalue weighted by atomic mass is 10.2. The summed E-state index contributed by atoms with van der Waals surface area (Å²) in [5.74, 6) is 0.0272. The number of hydrogen-bond donors (Lipinski definition) is 1. The number of carbonyl (C=O) groups is 1. The van der Waals surface area contributed by atoms with E-state index in [9.17, 15) is 4.79 Å².